The molecule has 0 bridgehead atoms. The van der Waals surface area contributed by atoms with Crippen LogP contribution in [0.15, 0.2) is 24.3 Å². The van der Waals surface area contributed by atoms with Crippen LogP contribution in [0.1, 0.15) is 39.3 Å². The second kappa shape index (κ2) is 4.80. The van der Waals surface area contributed by atoms with E-state index in [1.165, 1.54) is 11.1 Å². The second-order valence-corrected chi connectivity index (χ2v) is 3.31. The zero-order chi connectivity index (χ0) is 10.6. The van der Waals surface area contributed by atoms with Crippen LogP contribution in [0.5, 0.6) is 0 Å². The van der Waals surface area contributed by atoms with Crippen LogP contribution in [0.2, 0.25) is 0 Å². The summed E-state index contributed by atoms with van der Waals surface area (Å²) in [5, 5.41) is 8.52. The summed E-state index contributed by atoms with van der Waals surface area (Å²) < 4.78 is 0. The van der Waals surface area contributed by atoms with E-state index >= 15 is 0 Å². The van der Waals surface area contributed by atoms with Crippen molar-refractivity contribution < 1.29 is 0 Å². The van der Waals surface area contributed by atoms with Crippen molar-refractivity contribution in [1.29, 1.82) is 0 Å². The lowest BCUT2D eigenvalue weighted by Crippen LogP contribution is -1.86. The molecule has 1 aromatic carbocycles. The first-order valence-corrected chi connectivity index (χ1v) is 5.22. The molecular weight excluding hydrogens is 172 g/mol. The first kappa shape index (κ1) is 10.8. The van der Waals surface area contributed by atoms with Gasteiger partial charge in [-0.15, -0.1) is 0 Å². The van der Waals surface area contributed by atoms with Crippen molar-refractivity contribution in [3.8, 4) is 0 Å². The molecule has 0 aliphatic carbocycles. The molecule has 0 fully saturated rings. The number of H-pyrrole nitrogens is 1. The number of benzene rings is 1. The van der Waals surface area contributed by atoms with Gasteiger partial charge in [-0.3, -0.25) is 5.10 Å². The van der Waals surface area contributed by atoms with Crippen molar-refractivity contribution in [2.75, 3.05) is 0 Å². The van der Waals surface area contributed by atoms with Crippen molar-refractivity contribution >= 4 is 10.9 Å². The molecule has 1 heterocycles. The molecule has 2 heteroatoms. The zero-order valence-corrected chi connectivity index (χ0v) is 9.33. The van der Waals surface area contributed by atoms with Crippen LogP contribution in [0.4, 0.5) is 0 Å². The second-order valence-electron chi connectivity index (χ2n) is 3.31. The molecule has 0 atom stereocenters. The van der Waals surface area contributed by atoms with Gasteiger partial charge in [0.1, 0.15) is 0 Å². The summed E-state index contributed by atoms with van der Waals surface area (Å²) in [6, 6.07) is 8.18. The van der Waals surface area contributed by atoms with Gasteiger partial charge in [-0.1, -0.05) is 45.9 Å². The van der Waals surface area contributed by atoms with Gasteiger partial charge < -0.3 is 0 Å². The normalized spacial score (nSPS) is 10.1. The van der Waals surface area contributed by atoms with Crippen molar-refractivity contribution in [2.24, 2.45) is 0 Å². The highest BCUT2D eigenvalue weighted by molar-refractivity contribution is 5.81. The van der Waals surface area contributed by atoms with Gasteiger partial charge in [-0.25, -0.2) is 0 Å². The minimum absolute atomic E-state index is 0.511. The predicted octanol–water partition coefficient (Wildman–Crippen LogP) is 3.71. The average Bonchev–Trinajstić information content (AvgIpc) is 2.64. The molecule has 76 valence electrons. The minimum Gasteiger partial charge on any atom is -0.281 e. The smallest absolute Gasteiger partial charge is 0.0923 e. The Hall–Kier alpha value is -1.31. The van der Waals surface area contributed by atoms with E-state index in [2.05, 4.69) is 30.1 Å². The van der Waals surface area contributed by atoms with Crippen molar-refractivity contribution in [2.45, 2.75) is 33.6 Å². The van der Waals surface area contributed by atoms with Gasteiger partial charge in [0, 0.05) is 11.1 Å². The van der Waals surface area contributed by atoms with Crippen molar-refractivity contribution in [1.82, 2.24) is 10.2 Å². The van der Waals surface area contributed by atoms with Crippen molar-refractivity contribution in [3.63, 3.8) is 0 Å². The van der Waals surface area contributed by atoms with Gasteiger partial charge in [0.15, 0.2) is 0 Å². The summed E-state index contributed by atoms with van der Waals surface area (Å²) in [7, 11) is 0. The van der Waals surface area contributed by atoms with Crippen LogP contribution < -0.4 is 0 Å². The zero-order valence-electron chi connectivity index (χ0n) is 9.33. The van der Waals surface area contributed by atoms with Gasteiger partial charge >= 0.3 is 0 Å². The van der Waals surface area contributed by atoms with Gasteiger partial charge in [0.2, 0.25) is 0 Å². The molecule has 0 amide bonds. The van der Waals surface area contributed by atoms with Crippen LogP contribution in [0.25, 0.3) is 10.9 Å². The molecule has 14 heavy (non-hydrogen) atoms. The number of para-hydroxylation sites is 1. The SMILES string of the molecule is CC.CC(C)c1[nH]nc2ccccc12. The molecule has 1 N–H and O–H groups in total. The molecule has 0 unspecified atom stereocenters. The molecule has 2 aromatic rings. The number of hydrogen-bond acceptors (Lipinski definition) is 1. The van der Waals surface area contributed by atoms with Crippen LogP contribution >= 0.6 is 0 Å². The van der Waals surface area contributed by atoms with E-state index in [-0.39, 0.29) is 0 Å². The van der Waals surface area contributed by atoms with E-state index in [1.54, 1.807) is 0 Å². The van der Waals surface area contributed by atoms with Crippen LogP contribution in [-0.4, -0.2) is 10.2 Å². The fourth-order valence-corrected chi connectivity index (χ4v) is 1.42. The van der Waals surface area contributed by atoms with Crippen LogP contribution in [0, 0.1) is 0 Å². The maximum Gasteiger partial charge on any atom is 0.0923 e. The Balaban J connectivity index is 0.000000461. The van der Waals surface area contributed by atoms with Crippen molar-refractivity contribution in [3.05, 3.63) is 30.0 Å². The predicted molar refractivity (Wildman–Crippen MR) is 61.5 cm³/mol. The number of nitrogens with zero attached hydrogens (tertiary/aromatic N) is 1. The fraction of sp³-hybridized carbons (Fsp3) is 0.417. The third-order valence-electron chi connectivity index (χ3n) is 2.07. The average molecular weight is 190 g/mol. The molecule has 2 rings (SSSR count). The first-order valence-electron chi connectivity index (χ1n) is 5.22. The van der Waals surface area contributed by atoms with Gasteiger partial charge in [-0.05, 0) is 12.0 Å². The number of aromatic nitrogens is 2. The van der Waals surface area contributed by atoms with E-state index in [1.807, 2.05) is 32.0 Å². The highest BCUT2D eigenvalue weighted by Crippen LogP contribution is 2.21. The number of hydrogen-bond donors (Lipinski definition) is 1. The summed E-state index contributed by atoms with van der Waals surface area (Å²) in [6.07, 6.45) is 0. The molecule has 0 radical (unpaired) electrons. The molecule has 0 saturated carbocycles. The summed E-state index contributed by atoms with van der Waals surface area (Å²) in [5.74, 6) is 0.511. The Morgan fingerprint density at radius 1 is 1.14 bits per heavy atom. The monoisotopic (exact) mass is 190 g/mol. The molecule has 0 aliphatic rings. The Kier molecular flexibility index (Phi) is 3.69. The lowest BCUT2D eigenvalue weighted by molar-refractivity contribution is 0.818. The summed E-state index contributed by atoms with van der Waals surface area (Å²) in [4.78, 5) is 0. The van der Waals surface area contributed by atoms with Gasteiger partial charge in [-0.2, -0.15) is 5.10 Å². The summed E-state index contributed by atoms with van der Waals surface area (Å²) in [6.45, 7) is 8.33. The van der Waals surface area contributed by atoms with Crippen LogP contribution in [-0.2, 0) is 0 Å². The van der Waals surface area contributed by atoms with E-state index < -0.39 is 0 Å². The lowest BCUT2D eigenvalue weighted by Gasteiger charge is -1.99. The van der Waals surface area contributed by atoms with Crippen LogP contribution in [0.3, 0.4) is 0 Å². The molecule has 0 saturated heterocycles. The maximum atomic E-state index is 4.21. The first-order chi connectivity index (χ1) is 6.79. The number of nitrogens with one attached hydrogen (secondary N) is 1. The Morgan fingerprint density at radius 3 is 2.43 bits per heavy atom. The Morgan fingerprint density at radius 2 is 1.79 bits per heavy atom. The fourth-order valence-electron chi connectivity index (χ4n) is 1.42. The number of fused-ring (bicyclic) bond motifs is 1. The minimum atomic E-state index is 0.511. The Labute approximate surface area is 85.3 Å². The maximum absolute atomic E-state index is 4.21. The molecule has 0 spiro atoms. The van der Waals surface area contributed by atoms with E-state index in [9.17, 15) is 0 Å². The largest absolute Gasteiger partial charge is 0.281 e. The number of rotatable bonds is 1. The topological polar surface area (TPSA) is 28.7 Å². The molecule has 2 nitrogen and oxygen atoms in total. The number of aromatic amines is 1. The highest BCUT2D eigenvalue weighted by Gasteiger charge is 2.06. The van der Waals surface area contributed by atoms with E-state index in [4.69, 9.17) is 0 Å². The molecular formula is C12H18N2. The lowest BCUT2D eigenvalue weighted by atomic mass is 10.1. The third-order valence-corrected chi connectivity index (χ3v) is 2.07. The summed E-state index contributed by atoms with van der Waals surface area (Å²) >= 11 is 0. The molecule has 0 aliphatic heterocycles. The van der Waals surface area contributed by atoms with Gasteiger partial charge in [0.05, 0.1) is 5.52 Å². The van der Waals surface area contributed by atoms with Gasteiger partial charge in [0.25, 0.3) is 0 Å². The molecule has 1 aromatic heterocycles. The Bertz CT molecular complexity index is 388. The van der Waals surface area contributed by atoms with E-state index in [0.29, 0.717) is 5.92 Å². The summed E-state index contributed by atoms with van der Waals surface area (Å²) in [5.41, 5.74) is 2.28. The quantitative estimate of drug-likeness (QED) is 0.729. The van der Waals surface area contributed by atoms with E-state index in [0.717, 1.165) is 5.52 Å². The third kappa shape index (κ3) is 1.95. The standard InChI is InChI=1S/C10H12N2.C2H6/c1-7(2)10-8-5-3-4-6-9(8)11-12-10;1-2/h3-7H,1-2H3,(H,11,12);1-2H3. The highest BCUT2D eigenvalue weighted by atomic mass is 15.1.